The molecule has 1 unspecified atom stereocenters. The van der Waals surface area contributed by atoms with E-state index in [-0.39, 0.29) is 0 Å². The van der Waals surface area contributed by atoms with E-state index in [1.807, 2.05) is 0 Å². The average Bonchev–Trinajstić information content (AvgIpc) is 2.55. The Bertz CT molecular complexity index is 650. The topological polar surface area (TPSA) is 6.48 Å². The van der Waals surface area contributed by atoms with E-state index in [0.29, 0.717) is 6.04 Å². The van der Waals surface area contributed by atoms with E-state index < -0.39 is 0 Å². The molecule has 0 spiro atoms. The molecule has 1 atom stereocenters. The van der Waals surface area contributed by atoms with E-state index in [0.717, 1.165) is 13.1 Å². The molecule has 0 radical (unpaired) electrons. The van der Waals surface area contributed by atoms with Crippen molar-refractivity contribution in [3.63, 3.8) is 0 Å². The van der Waals surface area contributed by atoms with Gasteiger partial charge in [0, 0.05) is 37.9 Å². The van der Waals surface area contributed by atoms with Gasteiger partial charge in [-0.05, 0) is 37.0 Å². The molecule has 2 heterocycles. The molecular weight excluding hydrogens is 268 g/mol. The molecule has 2 nitrogen and oxygen atoms in total. The van der Waals surface area contributed by atoms with E-state index in [4.69, 9.17) is 0 Å². The van der Waals surface area contributed by atoms with Gasteiger partial charge in [-0.15, -0.1) is 0 Å². The monoisotopic (exact) mass is 292 g/mol. The third-order valence-corrected chi connectivity index (χ3v) is 5.11. The first-order valence-electron chi connectivity index (χ1n) is 8.42. The number of anilines is 1. The van der Waals surface area contributed by atoms with E-state index >= 15 is 0 Å². The number of hydrogen-bond acceptors (Lipinski definition) is 2. The fraction of sp³-hybridized carbons (Fsp3) is 0.400. The van der Waals surface area contributed by atoms with Crippen LogP contribution < -0.4 is 4.90 Å². The van der Waals surface area contributed by atoms with Crippen LogP contribution in [0.15, 0.2) is 48.5 Å². The van der Waals surface area contributed by atoms with Crippen LogP contribution >= 0.6 is 0 Å². The number of piperazine rings is 1. The van der Waals surface area contributed by atoms with Gasteiger partial charge >= 0.3 is 0 Å². The number of benzene rings is 2. The van der Waals surface area contributed by atoms with Gasteiger partial charge in [0.25, 0.3) is 0 Å². The minimum Gasteiger partial charge on any atom is -0.366 e. The zero-order valence-electron chi connectivity index (χ0n) is 13.3. The predicted molar refractivity (Wildman–Crippen MR) is 92.4 cm³/mol. The minimum atomic E-state index is 0.688. The highest BCUT2D eigenvalue weighted by Gasteiger charge is 2.31. The highest BCUT2D eigenvalue weighted by atomic mass is 15.3. The molecule has 0 aliphatic carbocycles. The number of hydrogen-bond donors (Lipinski definition) is 0. The molecule has 22 heavy (non-hydrogen) atoms. The Balaban J connectivity index is 1.48. The number of nitrogens with zero attached hydrogens (tertiary/aromatic N) is 2. The van der Waals surface area contributed by atoms with Gasteiger partial charge in [0.1, 0.15) is 0 Å². The summed E-state index contributed by atoms with van der Waals surface area (Å²) in [6.45, 7) is 6.81. The van der Waals surface area contributed by atoms with Crippen LogP contribution in [0.25, 0.3) is 0 Å². The Morgan fingerprint density at radius 3 is 2.77 bits per heavy atom. The first-order chi connectivity index (χ1) is 10.8. The summed E-state index contributed by atoms with van der Waals surface area (Å²) in [4.78, 5) is 5.27. The Hall–Kier alpha value is -1.80. The van der Waals surface area contributed by atoms with Crippen LogP contribution in [-0.4, -0.2) is 30.6 Å². The Morgan fingerprint density at radius 1 is 1.05 bits per heavy atom. The van der Waals surface area contributed by atoms with Crippen LogP contribution in [0.2, 0.25) is 0 Å². The molecule has 0 aromatic heterocycles. The van der Waals surface area contributed by atoms with Crippen LogP contribution in [0.1, 0.15) is 23.1 Å². The number of fused-ring (bicyclic) bond motifs is 3. The van der Waals surface area contributed by atoms with Gasteiger partial charge in [-0.2, -0.15) is 0 Å². The van der Waals surface area contributed by atoms with Gasteiger partial charge in [0.05, 0.1) is 0 Å². The second-order valence-electron chi connectivity index (χ2n) is 6.74. The average molecular weight is 292 g/mol. The second-order valence-corrected chi connectivity index (χ2v) is 6.74. The highest BCUT2D eigenvalue weighted by Crippen LogP contribution is 2.33. The van der Waals surface area contributed by atoms with Crippen LogP contribution in [0.4, 0.5) is 5.69 Å². The lowest BCUT2D eigenvalue weighted by Crippen LogP contribution is -2.54. The van der Waals surface area contributed by atoms with Crippen molar-refractivity contribution in [2.24, 2.45) is 0 Å². The van der Waals surface area contributed by atoms with E-state index in [2.05, 4.69) is 65.3 Å². The summed E-state index contributed by atoms with van der Waals surface area (Å²) in [5.74, 6) is 0. The van der Waals surface area contributed by atoms with Crippen LogP contribution in [0, 0.1) is 6.92 Å². The normalized spacial score (nSPS) is 21.3. The highest BCUT2D eigenvalue weighted by molar-refractivity contribution is 5.58. The Morgan fingerprint density at radius 2 is 1.91 bits per heavy atom. The standard InChI is InChI=1S/C20H24N2/c1-16-7-10-20-18(13-16)8-9-19-15-21(11-12-22(19)20)14-17-5-3-2-4-6-17/h2-7,10,13,19H,8-9,11-12,14-15H2,1H3. The van der Waals surface area contributed by atoms with Crippen molar-refractivity contribution in [2.75, 3.05) is 24.5 Å². The summed E-state index contributed by atoms with van der Waals surface area (Å²) in [5.41, 5.74) is 5.86. The SMILES string of the molecule is Cc1ccc2c(c1)CCC1CN(Cc3ccccc3)CCN21. The molecule has 1 fully saturated rings. The first kappa shape index (κ1) is 13.8. The molecular formula is C20H24N2. The maximum absolute atomic E-state index is 2.65. The van der Waals surface area contributed by atoms with Gasteiger partial charge in [0.2, 0.25) is 0 Å². The lowest BCUT2D eigenvalue weighted by Gasteiger charge is -2.46. The van der Waals surface area contributed by atoms with Crippen molar-refractivity contribution >= 4 is 5.69 Å². The molecule has 0 saturated carbocycles. The maximum atomic E-state index is 2.65. The largest absolute Gasteiger partial charge is 0.366 e. The Labute approximate surface area is 133 Å². The van der Waals surface area contributed by atoms with Gasteiger partial charge in [-0.3, -0.25) is 4.90 Å². The molecule has 4 rings (SSSR count). The second kappa shape index (κ2) is 5.77. The van der Waals surface area contributed by atoms with Crippen LogP contribution in [0.3, 0.4) is 0 Å². The number of rotatable bonds is 2. The third-order valence-electron chi connectivity index (χ3n) is 5.11. The summed E-state index contributed by atoms with van der Waals surface area (Å²) in [6.07, 6.45) is 2.53. The fourth-order valence-corrected chi connectivity index (χ4v) is 3.99. The van der Waals surface area contributed by atoms with Crippen molar-refractivity contribution in [3.05, 3.63) is 65.2 Å². The van der Waals surface area contributed by atoms with Gasteiger partial charge < -0.3 is 4.90 Å². The van der Waals surface area contributed by atoms with Crippen molar-refractivity contribution in [1.82, 2.24) is 4.90 Å². The van der Waals surface area contributed by atoms with E-state index in [1.54, 1.807) is 5.56 Å². The summed E-state index contributed by atoms with van der Waals surface area (Å²) in [5, 5.41) is 0. The van der Waals surface area contributed by atoms with Gasteiger partial charge in [-0.25, -0.2) is 0 Å². The molecule has 2 aliphatic heterocycles. The van der Waals surface area contributed by atoms with Crippen LogP contribution in [-0.2, 0) is 13.0 Å². The van der Waals surface area contributed by atoms with Gasteiger partial charge in [-0.1, -0.05) is 48.0 Å². The smallest absolute Gasteiger partial charge is 0.0421 e. The lowest BCUT2D eigenvalue weighted by molar-refractivity contribution is 0.207. The summed E-state index contributed by atoms with van der Waals surface area (Å²) in [6, 6.07) is 18.5. The third kappa shape index (κ3) is 2.64. The molecule has 2 aromatic carbocycles. The summed E-state index contributed by atoms with van der Waals surface area (Å²) in [7, 11) is 0. The number of aryl methyl sites for hydroxylation is 2. The molecule has 0 bridgehead atoms. The van der Waals surface area contributed by atoms with Crippen molar-refractivity contribution in [1.29, 1.82) is 0 Å². The van der Waals surface area contributed by atoms with Crippen LogP contribution in [0.5, 0.6) is 0 Å². The predicted octanol–water partition coefficient (Wildman–Crippen LogP) is 3.63. The lowest BCUT2D eigenvalue weighted by atomic mass is 9.92. The maximum Gasteiger partial charge on any atom is 0.0421 e. The quantitative estimate of drug-likeness (QED) is 0.834. The van der Waals surface area contributed by atoms with Crippen molar-refractivity contribution in [2.45, 2.75) is 32.4 Å². The minimum absolute atomic E-state index is 0.688. The molecule has 0 amide bonds. The molecule has 2 heteroatoms. The molecule has 2 aromatic rings. The summed E-state index contributed by atoms with van der Waals surface area (Å²) < 4.78 is 0. The van der Waals surface area contributed by atoms with Crippen molar-refractivity contribution in [3.8, 4) is 0 Å². The van der Waals surface area contributed by atoms with Crippen molar-refractivity contribution < 1.29 is 0 Å². The van der Waals surface area contributed by atoms with Gasteiger partial charge in [0.15, 0.2) is 0 Å². The zero-order chi connectivity index (χ0) is 14.9. The Kier molecular flexibility index (Phi) is 3.63. The first-order valence-corrected chi connectivity index (χ1v) is 8.42. The molecule has 1 saturated heterocycles. The zero-order valence-corrected chi connectivity index (χ0v) is 13.3. The van der Waals surface area contributed by atoms with E-state index in [9.17, 15) is 0 Å². The molecule has 0 N–H and O–H groups in total. The fourth-order valence-electron chi connectivity index (χ4n) is 3.99. The summed E-state index contributed by atoms with van der Waals surface area (Å²) >= 11 is 0. The van der Waals surface area contributed by atoms with E-state index in [1.165, 1.54) is 42.7 Å². The molecule has 114 valence electrons. The molecule has 2 aliphatic rings.